The minimum Gasteiger partial charge on any atom is -0.478 e. The topological polar surface area (TPSA) is 92.5 Å². The third kappa shape index (κ3) is 4.85. The predicted octanol–water partition coefficient (Wildman–Crippen LogP) is 4.08. The van der Waals surface area contributed by atoms with E-state index in [2.05, 4.69) is 16.9 Å². The molecule has 0 amide bonds. The summed E-state index contributed by atoms with van der Waals surface area (Å²) in [5.41, 5.74) is 2.40. The van der Waals surface area contributed by atoms with Gasteiger partial charge in [0.25, 0.3) is 10.0 Å². The molecule has 170 valence electrons. The number of nitrogens with zero attached hydrogens (tertiary/aromatic N) is 3. The van der Waals surface area contributed by atoms with Crippen LogP contribution in [0.5, 0.6) is 0 Å². The summed E-state index contributed by atoms with van der Waals surface area (Å²) in [5, 5.41) is 9.69. The molecule has 0 saturated carbocycles. The third-order valence-electron chi connectivity index (χ3n) is 5.10. The van der Waals surface area contributed by atoms with Crippen LogP contribution in [0.15, 0.2) is 96.4 Å². The molecule has 4 aromatic rings. The number of hydrogen-bond donors (Lipinski definition) is 1. The molecule has 4 rings (SSSR count). The minimum absolute atomic E-state index is 0.0193. The Balaban J connectivity index is 1.83. The zero-order valence-electron chi connectivity index (χ0n) is 18.3. The van der Waals surface area contributed by atoms with Gasteiger partial charge >= 0.3 is 5.97 Å². The van der Waals surface area contributed by atoms with Gasteiger partial charge in [0.15, 0.2) is 0 Å². The van der Waals surface area contributed by atoms with Crippen LogP contribution >= 0.6 is 0 Å². The maximum absolute atomic E-state index is 13.5. The molecule has 1 N–H and O–H groups in total. The van der Waals surface area contributed by atoms with Gasteiger partial charge in [-0.05, 0) is 60.9 Å². The van der Waals surface area contributed by atoms with Crippen LogP contribution in [-0.2, 0) is 16.6 Å². The van der Waals surface area contributed by atoms with Gasteiger partial charge < -0.3 is 9.67 Å². The Hall–Kier alpha value is -4.35. The molecule has 2 aromatic carbocycles. The fourth-order valence-electron chi connectivity index (χ4n) is 3.38. The van der Waals surface area contributed by atoms with E-state index in [1.165, 1.54) is 6.07 Å². The first-order valence-electron chi connectivity index (χ1n) is 10.4. The van der Waals surface area contributed by atoms with Crippen LogP contribution in [0.1, 0.15) is 27.0 Å². The molecule has 34 heavy (non-hydrogen) atoms. The molecular formula is C26H21N3O4S. The number of benzene rings is 2. The first-order chi connectivity index (χ1) is 16.4. The van der Waals surface area contributed by atoms with Crippen molar-refractivity contribution in [1.82, 2.24) is 13.9 Å². The molecule has 0 aliphatic heterocycles. The van der Waals surface area contributed by atoms with Gasteiger partial charge in [-0.25, -0.2) is 17.5 Å². The smallest absolute Gasteiger partial charge is 0.337 e. The molecule has 0 unspecified atom stereocenters. The summed E-state index contributed by atoms with van der Waals surface area (Å²) >= 11 is 0. The second-order valence-corrected chi connectivity index (χ2v) is 9.38. The summed E-state index contributed by atoms with van der Waals surface area (Å²) in [6.07, 6.45) is 6.61. The highest BCUT2D eigenvalue weighted by Gasteiger charge is 2.23. The number of carboxylic acid groups (broad SMARTS) is 1. The van der Waals surface area contributed by atoms with Gasteiger partial charge in [0.2, 0.25) is 0 Å². The number of carboxylic acids is 1. The number of carbonyl (C=O) groups is 1. The first-order valence-corrected chi connectivity index (χ1v) is 11.8. The first kappa shape index (κ1) is 22.8. The normalized spacial score (nSPS) is 10.9. The van der Waals surface area contributed by atoms with E-state index in [9.17, 15) is 18.3 Å². The number of aromatic carboxylic acids is 1. The van der Waals surface area contributed by atoms with Gasteiger partial charge in [0, 0.05) is 30.8 Å². The van der Waals surface area contributed by atoms with E-state index in [0.29, 0.717) is 16.8 Å². The highest BCUT2D eigenvalue weighted by molar-refractivity contribution is 7.89. The van der Waals surface area contributed by atoms with E-state index in [1.54, 1.807) is 90.0 Å². The molecule has 8 heteroatoms. The summed E-state index contributed by atoms with van der Waals surface area (Å²) in [7, 11) is -3.97. The second-order valence-electron chi connectivity index (χ2n) is 7.52. The van der Waals surface area contributed by atoms with Crippen molar-refractivity contribution in [3.8, 4) is 17.7 Å². The van der Waals surface area contributed by atoms with Crippen molar-refractivity contribution in [2.75, 3.05) is 0 Å². The summed E-state index contributed by atoms with van der Waals surface area (Å²) in [6.45, 7) is 1.86. The van der Waals surface area contributed by atoms with Crippen LogP contribution in [0.4, 0.5) is 0 Å². The molecule has 0 aliphatic carbocycles. The van der Waals surface area contributed by atoms with Crippen molar-refractivity contribution in [2.24, 2.45) is 0 Å². The molecular weight excluding hydrogens is 450 g/mol. The van der Waals surface area contributed by atoms with Gasteiger partial charge in [-0.2, -0.15) is 0 Å². The lowest BCUT2D eigenvalue weighted by Gasteiger charge is -2.18. The lowest BCUT2D eigenvalue weighted by atomic mass is 10.1. The molecule has 2 aromatic heterocycles. The van der Waals surface area contributed by atoms with Crippen molar-refractivity contribution in [3.05, 3.63) is 114 Å². The maximum atomic E-state index is 13.5. The molecule has 0 fully saturated rings. The Morgan fingerprint density at radius 1 is 1.03 bits per heavy atom. The number of aromatic nitrogens is 2. The van der Waals surface area contributed by atoms with Gasteiger partial charge in [-0.3, -0.25) is 4.98 Å². The van der Waals surface area contributed by atoms with Crippen molar-refractivity contribution in [1.29, 1.82) is 0 Å². The van der Waals surface area contributed by atoms with Gasteiger partial charge in [0.05, 0.1) is 28.3 Å². The summed E-state index contributed by atoms with van der Waals surface area (Å²) in [5.74, 6) is 1.79. The van der Waals surface area contributed by atoms with E-state index in [4.69, 9.17) is 0 Å². The molecule has 0 saturated heterocycles. The zero-order valence-corrected chi connectivity index (χ0v) is 19.1. The van der Waals surface area contributed by atoms with E-state index >= 15 is 0 Å². The molecule has 0 aliphatic rings. The average molecular weight is 472 g/mol. The monoisotopic (exact) mass is 471 g/mol. The lowest BCUT2D eigenvalue weighted by Crippen LogP contribution is -2.26. The number of para-hydroxylation sites is 1. The van der Waals surface area contributed by atoms with E-state index in [1.807, 2.05) is 6.92 Å². The highest BCUT2D eigenvalue weighted by atomic mass is 32.2. The van der Waals surface area contributed by atoms with Crippen LogP contribution < -0.4 is 0 Å². The quantitative estimate of drug-likeness (QED) is 0.338. The Bertz CT molecular complexity index is 1470. The molecule has 7 nitrogen and oxygen atoms in total. The van der Waals surface area contributed by atoms with Crippen LogP contribution in [0.3, 0.4) is 0 Å². The SMILES string of the molecule is Cc1ccc(S(=O)(=O)N(C#Cc2cccc(C(=O)O)c2-n2cccc2)Cc2cccnc2)cc1. The van der Waals surface area contributed by atoms with Crippen molar-refractivity contribution in [3.63, 3.8) is 0 Å². The standard InChI is InChI=1S/C26H21N3O4S/c1-20-9-11-23(12-10-20)34(32,33)29(19-21-6-5-14-27-18-21)17-13-22-7-4-8-24(26(30)31)25(22)28-15-2-3-16-28/h2-12,14-16,18H,19H2,1H3,(H,30,31). The molecule has 2 heterocycles. The van der Waals surface area contributed by atoms with Crippen molar-refractivity contribution in [2.45, 2.75) is 18.4 Å². The fraction of sp³-hybridized carbons (Fsp3) is 0.0769. The van der Waals surface area contributed by atoms with Crippen LogP contribution in [0.2, 0.25) is 0 Å². The minimum atomic E-state index is -3.97. The summed E-state index contributed by atoms with van der Waals surface area (Å²) in [6, 6.07) is 21.1. The number of aryl methyl sites for hydroxylation is 1. The third-order valence-corrected chi connectivity index (χ3v) is 6.77. The van der Waals surface area contributed by atoms with Crippen molar-refractivity contribution >= 4 is 16.0 Å². The van der Waals surface area contributed by atoms with E-state index < -0.39 is 16.0 Å². The number of rotatable bonds is 6. The van der Waals surface area contributed by atoms with E-state index in [-0.39, 0.29) is 17.0 Å². The second kappa shape index (κ2) is 9.65. The summed E-state index contributed by atoms with van der Waals surface area (Å²) < 4.78 is 29.6. The Labute approximate surface area is 198 Å². The summed E-state index contributed by atoms with van der Waals surface area (Å²) in [4.78, 5) is 16.0. The zero-order chi connectivity index (χ0) is 24.1. The Kier molecular flexibility index (Phi) is 6.48. The van der Waals surface area contributed by atoms with Crippen LogP contribution in [0, 0.1) is 18.9 Å². The molecule has 0 bridgehead atoms. The maximum Gasteiger partial charge on any atom is 0.337 e. The number of pyridine rings is 1. The van der Waals surface area contributed by atoms with E-state index in [0.717, 1.165) is 9.87 Å². The van der Waals surface area contributed by atoms with Gasteiger partial charge in [-0.1, -0.05) is 29.8 Å². The Morgan fingerprint density at radius 3 is 2.41 bits per heavy atom. The van der Waals surface area contributed by atoms with Crippen LogP contribution in [0.25, 0.3) is 5.69 Å². The van der Waals surface area contributed by atoms with Gasteiger partial charge in [0.1, 0.15) is 0 Å². The number of hydrogen-bond acceptors (Lipinski definition) is 4. The largest absolute Gasteiger partial charge is 0.478 e. The average Bonchev–Trinajstić information content (AvgIpc) is 3.37. The lowest BCUT2D eigenvalue weighted by molar-refractivity contribution is 0.0697. The molecule has 0 radical (unpaired) electrons. The van der Waals surface area contributed by atoms with Crippen molar-refractivity contribution < 1.29 is 18.3 Å². The molecule has 0 spiro atoms. The van der Waals surface area contributed by atoms with Gasteiger partial charge in [-0.15, -0.1) is 0 Å². The predicted molar refractivity (Wildman–Crippen MR) is 128 cm³/mol. The molecule has 0 atom stereocenters. The number of sulfonamides is 1. The highest BCUT2D eigenvalue weighted by Crippen LogP contribution is 2.22. The van der Waals surface area contributed by atoms with Crippen LogP contribution in [-0.4, -0.2) is 33.3 Å². The Morgan fingerprint density at radius 2 is 1.76 bits per heavy atom. The fourth-order valence-corrected chi connectivity index (χ4v) is 4.60.